The summed E-state index contributed by atoms with van der Waals surface area (Å²) >= 11 is 0. The van der Waals surface area contributed by atoms with Gasteiger partial charge in [-0.2, -0.15) is 0 Å². The van der Waals surface area contributed by atoms with Crippen molar-refractivity contribution in [3.63, 3.8) is 0 Å². The first-order chi connectivity index (χ1) is 13.5. The van der Waals surface area contributed by atoms with Gasteiger partial charge < -0.3 is 10.2 Å². The van der Waals surface area contributed by atoms with E-state index in [0.29, 0.717) is 5.69 Å². The van der Waals surface area contributed by atoms with E-state index in [-0.39, 0.29) is 23.7 Å². The van der Waals surface area contributed by atoms with Gasteiger partial charge in [0.1, 0.15) is 0 Å². The van der Waals surface area contributed by atoms with Crippen LogP contribution in [0.15, 0.2) is 83.1 Å². The maximum absolute atomic E-state index is 13.1. The van der Waals surface area contributed by atoms with Gasteiger partial charge >= 0.3 is 0 Å². The number of carbonyl (C=O) groups excluding carboxylic acids is 1. The number of allylic oxidation sites excluding steroid dienone is 2. The zero-order chi connectivity index (χ0) is 19.6. The van der Waals surface area contributed by atoms with Gasteiger partial charge in [0.15, 0.2) is 5.84 Å². The van der Waals surface area contributed by atoms with E-state index >= 15 is 0 Å². The standard InChI is InChI=1S/C20H18N4O3S/c25-20(16-9-6-12-24-13-14-28(26,27)23-19(16)24)22-18(15-7-2-1-3-8-15)17-10-4-5-11-21-17/h1-12,18H,13-14H2,(H,22,25). The third kappa shape index (κ3) is 3.72. The number of benzene rings is 1. The molecule has 2 aromatic rings. The van der Waals surface area contributed by atoms with Gasteiger partial charge in [-0.3, -0.25) is 9.78 Å². The molecular weight excluding hydrogens is 376 g/mol. The first kappa shape index (κ1) is 18.1. The normalized spacial score (nSPS) is 18.5. The molecule has 1 amide bonds. The number of amides is 1. The highest BCUT2D eigenvalue weighted by Crippen LogP contribution is 2.23. The third-order valence-electron chi connectivity index (χ3n) is 4.49. The number of rotatable bonds is 4. The van der Waals surface area contributed by atoms with Crippen molar-refractivity contribution in [3.05, 3.63) is 89.9 Å². The van der Waals surface area contributed by atoms with E-state index in [2.05, 4.69) is 14.7 Å². The van der Waals surface area contributed by atoms with Crippen LogP contribution in [0, 0.1) is 0 Å². The van der Waals surface area contributed by atoms with E-state index in [0.717, 1.165) is 5.56 Å². The lowest BCUT2D eigenvalue weighted by Crippen LogP contribution is -2.43. The van der Waals surface area contributed by atoms with Gasteiger partial charge in [-0.05, 0) is 29.8 Å². The lowest BCUT2D eigenvalue weighted by Gasteiger charge is -2.29. The van der Waals surface area contributed by atoms with Gasteiger partial charge in [-0.25, -0.2) is 8.42 Å². The second-order valence-electron chi connectivity index (χ2n) is 6.39. The summed E-state index contributed by atoms with van der Waals surface area (Å²) in [6.07, 6.45) is 6.67. The second-order valence-corrected chi connectivity index (χ2v) is 8.14. The van der Waals surface area contributed by atoms with E-state index in [1.165, 1.54) is 0 Å². The van der Waals surface area contributed by atoms with Crippen LogP contribution in [-0.4, -0.2) is 42.3 Å². The number of hydrogen-bond acceptors (Lipinski definition) is 5. The number of pyridine rings is 1. The van der Waals surface area contributed by atoms with E-state index in [1.54, 1.807) is 35.5 Å². The molecule has 1 atom stereocenters. The summed E-state index contributed by atoms with van der Waals surface area (Å²) < 4.78 is 27.7. The molecule has 142 valence electrons. The molecule has 2 aliphatic rings. The first-order valence-electron chi connectivity index (χ1n) is 8.78. The number of amidine groups is 1. The quantitative estimate of drug-likeness (QED) is 0.854. The fraction of sp³-hybridized carbons (Fsp3) is 0.150. The summed E-state index contributed by atoms with van der Waals surface area (Å²) in [4.78, 5) is 19.1. The van der Waals surface area contributed by atoms with E-state index < -0.39 is 22.0 Å². The zero-order valence-electron chi connectivity index (χ0n) is 14.9. The minimum atomic E-state index is -3.57. The molecule has 1 aromatic heterocycles. The van der Waals surface area contributed by atoms with Gasteiger partial charge in [0.2, 0.25) is 0 Å². The topological polar surface area (TPSA) is 91.7 Å². The van der Waals surface area contributed by atoms with Crippen LogP contribution in [0.4, 0.5) is 0 Å². The maximum Gasteiger partial charge on any atom is 0.256 e. The Morgan fingerprint density at radius 3 is 2.64 bits per heavy atom. The van der Waals surface area contributed by atoms with Crippen molar-refractivity contribution in [2.24, 2.45) is 4.40 Å². The molecule has 8 heteroatoms. The molecular formula is C20H18N4O3S. The summed E-state index contributed by atoms with van der Waals surface area (Å²) in [5.41, 5.74) is 1.77. The minimum absolute atomic E-state index is 0.0731. The van der Waals surface area contributed by atoms with Crippen LogP contribution >= 0.6 is 0 Å². The van der Waals surface area contributed by atoms with Crippen LogP contribution in [0.1, 0.15) is 17.3 Å². The Kier molecular flexibility index (Phi) is 4.79. The lowest BCUT2D eigenvalue weighted by molar-refractivity contribution is -0.117. The van der Waals surface area contributed by atoms with Crippen molar-refractivity contribution in [2.45, 2.75) is 6.04 Å². The second kappa shape index (κ2) is 7.40. The molecule has 0 saturated heterocycles. The Morgan fingerprint density at radius 1 is 1.11 bits per heavy atom. The van der Waals surface area contributed by atoms with Crippen LogP contribution in [0.3, 0.4) is 0 Å². The number of fused-ring (bicyclic) bond motifs is 1. The molecule has 1 N–H and O–H groups in total. The summed E-state index contributed by atoms with van der Waals surface area (Å²) in [5, 5.41) is 2.97. The average Bonchev–Trinajstić information content (AvgIpc) is 2.72. The summed E-state index contributed by atoms with van der Waals surface area (Å²) in [6, 6.07) is 14.5. The van der Waals surface area contributed by atoms with E-state index in [9.17, 15) is 13.2 Å². The first-order valence-corrected chi connectivity index (χ1v) is 10.4. The summed E-state index contributed by atoms with van der Waals surface area (Å²) in [5.74, 6) is -0.333. The fourth-order valence-electron chi connectivity index (χ4n) is 3.12. The Labute approximate surface area is 163 Å². The van der Waals surface area contributed by atoms with E-state index in [1.807, 2.05) is 42.5 Å². The van der Waals surface area contributed by atoms with Gasteiger partial charge in [-0.15, -0.1) is 4.40 Å². The maximum atomic E-state index is 13.1. The van der Waals surface area contributed by atoms with Crippen LogP contribution in [-0.2, 0) is 14.8 Å². The highest BCUT2D eigenvalue weighted by atomic mass is 32.2. The number of hydrogen-bond donors (Lipinski definition) is 1. The largest absolute Gasteiger partial charge is 0.339 e. The number of aromatic nitrogens is 1. The monoisotopic (exact) mass is 394 g/mol. The predicted octanol–water partition coefficient (Wildman–Crippen LogP) is 1.78. The van der Waals surface area contributed by atoms with Crippen molar-refractivity contribution in [3.8, 4) is 0 Å². The van der Waals surface area contributed by atoms with Crippen molar-refractivity contribution in [1.82, 2.24) is 15.2 Å². The highest BCUT2D eigenvalue weighted by Gasteiger charge is 2.31. The molecule has 7 nitrogen and oxygen atoms in total. The molecule has 0 radical (unpaired) electrons. The number of sulfonamides is 1. The van der Waals surface area contributed by atoms with E-state index in [4.69, 9.17) is 0 Å². The summed E-state index contributed by atoms with van der Waals surface area (Å²) in [7, 11) is -3.57. The molecule has 1 aromatic carbocycles. The Hall–Kier alpha value is -3.26. The number of carbonyl (C=O) groups is 1. The fourth-order valence-corrected chi connectivity index (χ4v) is 4.11. The Balaban J connectivity index is 1.68. The SMILES string of the molecule is O=C(NC(c1ccccc1)c1ccccn1)C1=CC=CN2CCS(=O)(=O)N=C12. The molecule has 0 bridgehead atoms. The van der Waals surface area contributed by atoms with Gasteiger partial charge in [0.05, 0.1) is 23.1 Å². The molecule has 0 saturated carbocycles. The van der Waals surface area contributed by atoms with Gasteiger partial charge in [-0.1, -0.05) is 36.4 Å². The van der Waals surface area contributed by atoms with Crippen molar-refractivity contribution < 1.29 is 13.2 Å². The lowest BCUT2D eigenvalue weighted by atomic mass is 10.0. The average molecular weight is 394 g/mol. The highest BCUT2D eigenvalue weighted by molar-refractivity contribution is 7.90. The van der Waals surface area contributed by atoms with Crippen LogP contribution in [0.25, 0.3) is 0 Å². The molecule has 2 aliphatic heterocycles. The Bertz CT molecular complexity index is 1040. The smallest absolute Gasteiger partial charge is 0.256 e. The molecule has 0 fully saturated rings. The van der Waals surface area contributed by atoms with Crippen molar-refractivity contribution in [2.75, 3.05) is 12.3 Å². The molecule has 0 spiro atoms. The van der Waals surface area contributed by atoms with Crippen LogP contribution < -0.4 is 5.32 Å². The zero-order valence-corrected chi connectivity index (χ0v) is 15.7. The van der Waals surface area contributed by atoms with Crippen molar-refractivity contribution in [1.29, 1.82) is 0 Å². The van der Waals surface area contributed by atoms with Crippen LogP contribution in [0.5, 0.6) is 0 Å². The van der Waals surface area contributed by atoms with Gasteiger partial charge in [0.25, 0.3) is 15.9 Å². The van der Waals surface area contributed by atoms with Crippen molar-refractivity contribution >= 4 is 21.8 Å². The molecule has 28 heavy (non-hydrogen) atoms. The minimum Gasteiger partial charge on any atom is -0.339 e. The molecule has 1 unspecified atom stereocenters. The number of nitrogens with zero attached hydrogens (tertiary/aromatic N) is 3. The molecule has 4 rings (SSSR count). The summed E-state index contributed by atoms with van der Waals surface area (Å²) in [6.45, 7) is 0.268. The molecule has 3 heterocycles. The predicted molar refractivity (Wildman–Crippen MR) is 106 cm³/mol. The third-order valence-corrected chi connectivity index (χ3v) is 5.64. The van der Waals surface area contributed by atoms with Gasteiger partial charge in [0, 0.05) is 18.9 Å². The Morgan fingerprint density at radius 2 is 1.89 bits per heavy atom. The molecule has 0 aliphatic carbocycles. The number of nitrogens with one attached hydrogen (secondary N) is 1. The van der Waals surface area contributed by atoms with Crippen LogP contribution in [0.2, 0.25) is 0 Å².